The monoisotopic (exact) mass is 258 g/mol. The number of benzene rings is 1. The Morgan fingerprint density at radius 2 is 2.22 bits per heavy atom. The molecule has 0 bridgehead atoms. The smallest absolute Gasteiger partial charge is 0.0444 e. The fraction of sp³-hybridized carbons (Fsp3) is 0.267. The first-order chi connectivity index (χ1) is 8.83. The molecule has 3 heteroatoms. The molecule has 0 amide bonds. The fourth-order valence-electron chi connectivity index (χ4n) is 2.52. The Labute approximate surface area is 112 Å². The van der Waals surface area contributed by atoms with Gasteiger partial charge in [0.2, 0.25) is 0 Å². The first-order valence-electron chi connectivity index (χ1n) is 6.25. The molecule has 0 unspecified atom stereocenters. The van der Waals surface area contributed by atoms with E-state index < -0.39 is 0 Å². The number of fused-ring (bicyclic) bond motifs is 1. The van der Waals surface area contributed by atoms with Crippen LogP contribution in [0.25, 0.3) is 0 Å². The minimum absolute atomic E-state index is 0.831. The molecule has 18 heavy (non-hydrogen) atoms. The summed E-state index contributed by atoms with van der Waals surface area (Å²) in [7, 11) is 0. The van der Waals surface area contributed by atoms with Crippen molar-refractivity contribution in [1.29, 1.82) is 0 Å². The van der Waals surface area contributed by atoms with Crippen LogP contribution >= 0.6 is 11.6 Å². The predicted octanol–water partition coefficient (Wildman–Crippen LogP) is 3.69. The SMILES string of the molecule is Clc1ccc2c(c1)CCCN2Cc1cccnc1. The summed E-state index contributed by atoms with van der Waals surface area (Å²) >= 11 is 6.06. The zero-order valence-electron chi connectivity index (χ0n) is 10.1. The summed E-state index contributed by atoms with van der Waals surface area (Å²) in [6.45, 7) is 2.02. The van der Waals surface area contributed by atoms with E-state index in [1.807, 2.05) is 24.5 Å². The van der Waals surface area contributed by atoms with Crippen LogP contribution in [0.2, 0.25) is 5.02 Å². The molecular weight excluding hydrogens is 244 g/mol. The lowest BCUT2D eigenvalue weighted by atomic mass is 10.0. The zero-order chi connectivity index (χ0) is 12.4. The van der Waals surface area contributed by atoms with Gasteiger partial charge in [-0.25, -0.2) is 0 Å². The third kappa shape index (κ3) is 2.34. The standard InChI is InChI=1S/C15H15ClN2/c16-14-5-6-15-13(9-14)4-2-8-18(15)11-12-3-1-7-17-10-12/h1,3,5-7,9-10H,2,4,8,11H2. The van der Waals surface area contributed by atoms with Gasteiger partial charge in [0.05, 0.1) is 0 Å². The number of hydrogen-bond donors (Lipinski definition) is 0. The van der Waals surface area contributed by atoms with Gasteiger partial charge in [0, 0.05) is 36.2 Å². The van der Waals surface area contributed by atoms with E-state index in [1.165, 1.54) is 23.2 Å². The molecule has 0 fully saturated rings. The molecule has 1 aliphatic heterocycles. The first-order valence-corrected chi connectivity index (χ1v) is 6.63. The summed E-state index contributed by atoms with van der Waals surface area (Å²) in [4.78, 5) is 6.58. The zero-order valence-corrected chi connectivity index (χ0v) is 10.9. The van der Waals surface area contributed by atoms with Crippen molar-refractivity contribution in [2.45, 2.75) is 19.4 Å². The van der Waals surface area contributed by atoms with Crippen molar-refractivity contribution >= 4 is 17.3 Å². The quantitative estimate of drug-likeness (QED) is 0.817. The molecule has 0 saturated carbocycles. The van der Waals surface area contributed by atoms with Crippen LogP contribution in [0, 0.1) is 0 Å². The van der Waals surface area contributed by atoms with Crippen LogP contribution in [0.5, 0.6) is 0 Å². The van der Waals surface area contributed by atoms with E-state index in [1.54, 1.807) is 0 Å². The van der Waals surface area contributed by atoms with E-state index >= 15 is 0 Å². The highest BCUT2D eigenvalue weighted by molar-refractivity contribution is 6.30. The maximum atomic E-state index is 6.06. The van der Waals surface area contributed by atoms with E-state index in [2.05, 4.69) is 28.1 Å². The van der Waals surface area contributed by atoms with E-state index in [0.29, 0.717) is 0 Å². The Bertz CT molecular complexity index is 539. The summed E-state index contributed by atoms with van der Waals surface area (Å²) in [6, 6.07) is 10.3. The number of hydrogen-bond acceptors (Lipinski definition) is 2. The van der Waals surface area contributed by atoms with E-state index in [9.17, 15) is 0 Å². The number of anilines is 1. The van der Waals surface area contributed by atoms with Crippen LogP contribution in [0.1, 0.15) is 17.5 Å². The second kappa shape index (κ2) is 4.99. The van der Waals surface area contributed by atoms with Crippen LogP contribution < -0.4 is 4.90 Å². The Hall–Kier alpha value is -1.54. The lowest BCUT2D eigenvalue weighted by Gasteiger charge is -2.31. The van der Waals surface area contributed by atoms with Gasteiger partial charge in [0.1, 0.15) is 0 Å². The third-order valence-corrected chi connectivity index (χ3v) is 3.59. The number of nitrogens with zero attached hydrogens (tertiary/aromatic N) is 2. The summed E-state index contributed by atoms with van der Waals surface area (Å²) in [5, 5.41) is 0.831. The highest BCUT2D eigenvalue weighted by Gasteiger charge is 2.16. The molecule has 92 valence electrons. The molecule has 0 aliphatic carbocycles. The van der Waals surface area contributed by atoms with Crippen molar-refractivity contribution in [2.75, 3.05) is 11.4 Å². The van der Waals surface area contributed by atoms with Crippen LogP contribution in [0.3, 0.4) is 0 Å². The molecular formula is C15H15ClN2. The fourth-order valence-corrected chi connectivity index (χ4v) is 2.71. The molecule has 2 nitrogen and oxygen atoms in total. The van der Waals surface area contributed by atoms with Gasteiger partial charge in [-0.05, 0) is 48.2 Å². The average molecular weight is 259 g/mol. The number of pyridine rings is 1. The van der Waals surface area contributed by atoms with Crippen molar-refractivity contribution < 1.29 is 0 Å². The summed E-state index contributed by atoms with van der Waals surface area (Å²) in [5.41, 5.74) is 3.92. The highest BCUT2D eigenvalue weighted by Crippen LogP contribution is 2.30. The molecule has 2 aromatic rings. The Kier molecular flexibility index (Phi) is 3.20. The third-order valence-electron chi connectivity index (χ3n) is 3.35. The van der Waals surface area contributed by atoms with E-state index in [0.717, 1.165) is 24.5 Å². The minimum atomic E-state index is 0.831. The molecule has 0 atom stereocenters. The van der Waals surface area contributed by atoms with Gasteiger partial charge >= 0.3 is 0 Å². The lowest BCUT2D eigenvalue weighted by Crippen LogP contribution is -2.28. The van der Waals surface area contributed by atoms with Crippen molar-refractivity contribution in [3.8, 4) is 0 Å². The van der Waals surface area contributed by atoms with Crippen molar-refractivity contribution in [3.05, 3.63) is 58.9 Å². The first kappa shape index (κ1) is 11.5. The molecule has 3 rings (SSSR count). The molecule has 0 spiro atoms. The molecule has 1 aliphatic rings. The Morgan fingerprint density at radius 3 is 3.06 bits per heavy atom. The van der Waals surface area contributed by atoms with E-state index in [4.69, 9.17) is 11.6 Å². The molecule has 0 radical (unpaired) electrons. The van der Waals surface area contributed by atoms with Gasteiger partial charge in [0.15, 0.2) is 0 Å². The number of aromatic nitrogens is 1. The van der Waals surface area contributed by atoms with Crippen molar-refractivity contribution in [3.63, 3.8) is 0 Å². The van der Waals surface area contributed by atoms with Crippen molar-refractivity contribution in [1.82, 2.24) is 4.98 Å². The second-order valence-corrected chi connectivity index (χ2v) is 5.10. The number of aryl methyl sites for hydroxylation is 1. The van der Waals surface area contributed by atoms with Crippen LogP contribution in [0.15, 0.2) is 42.7 Å². The van der Waals surface area contributed by atoms with Crippen LogP contribution in [-0.2, 0) is 13.0 Å². The van der Waals surface area contributed by atoms with Gasteiger partial charge < -0.3 is 4.90 Å². The summed E-state index contributed by atoms with van der Waals surface area (Å²) in [6.07, 6.45) is 6.06. The lowest BCUT2D eigenvalue weighted by molar-refractivity contribution is 0.690. The largest absolute Gasteiger partial charge is 0.367 e. The molecule has 0 N–H and O–H groups in total. The maximum absolute atomic E-state index is 6.06. The minimum Gasteiger partial charge on any atom is -0.367 e. The second-order valence-electron chi connectivity index (χ2n) is 4.66. The number of rotatable bonds is 2. The van der Waals surface area contributed by atoms with E-state index in [-0.39, 0.29) is 0 Å². The number of halogens is 1. The summed E-state index contributed by atoms with van der Waals surface area (Å²) in [5.74, 6) is 0. The highest BCUT2D eigenvalue weighted by atomic mass is 35.5. The van der Waals surface area contributed by atoms with Gasteiger partial charge in [-0.2, -0.15) is 0 Å². The molecule has 2 heterocycles. The van der Waals surface area contributed by atoms with Gasteiger partial charge in [-0.1, -0.05) is 17.7 Å². The Morgan fingerprint density at radius 1 is 1.28 bits per heavy atom. The van der Waals surface area contributed by atoms with Crippen LogP contribution in [-0.4, -0.2) is 11.5 Å². The van der Waals surface area contributed by atoms with Gasteiger partial charge in [-0.15, -0.1) is 0 Å². The maximum Gasteiger partial charge on any atom is 0.0444 e. The predicted molar refractivity (Wildman–Crippen MR) is 75.1 cm³/mol. The summed E-state index contributed by atoms with van der Waals surface area (Å²) < 4.78 is 0. The average Bonchev–Trinajstić information content (AvgIpc) is 2.40. The van der Waals surface area contributed by atoms with Crippen LogP contribution in [0.4, 0.5) is 5.69 Å². The van der Waals surface area contributed by atoms with Gasteiger partial charge in [-0.3, -0.25) is 4.98 Å². The topological polar surface area (TPSA) is 16.1 Å². The normalized spacial score (nSPS) is 14.4. The molecule has 1 aromatic carbocycles. The van der Waals surface area contributed by atoms with Crippen molar-refractivity contribution in [2.24, 2.45) is 0 Å². The molecule has 0 saturated heterocycles. The van der Waals surface area contributed by atoms with Gasteiger partial charge in [0.25, 0.3) is 0 Å². The molecule has 1 aromatic heterocycles. The Balaban J connectivity index is 1.87.